The highest BCUT2D eigenvalue weighted by Crippen LogP contribution is 2.16. The number of hydrogen-bond donors (Lipinski definition) is 2. The number of carbonyl (C=O) groups is 2. The molecule has 0 radical (unpaired) electrons. The number of benzene rings is 1. The van der Waals surface area contributed by atoms with E-state index in [4.69, 9.17) is 0 Å². The van der Waals surface area contributed by atoms with Crippen LogP contribution in [0.2, 0.25) is 0 Å². The van der Waals surface area contributed by atoms with Gasteiger partial charge >= 0.3 is 0 Å². The van der Waals surface area contributed by atoms with Crippen molar-refractivity contribution in [3.63, 3.8) is 0 Å². The quantitative estimate of drug-likeness (QED) is 0.733. The molecular formula is C19H17N3O2S. The average molecular weight is 351 g/mol. The maximum atomic E-state index is 12.4. The highest BCUT2D eigenvalue weighted by molar-refractivity contribution is 7.12. The first-order chi connectivity index (χ1) is 12.1. The second kappa shape index (κ2) is 7.72. The van der Waals surface area contributed by atoms with E-state index in [9.17, 15) is 9.59 Å². The maximum Gasteiger partial charge on any atom is 0.265 e. The molecule has 0 aliphatic carbocycles. The molecule has 3 aromatic rings. The van der Waals surface area contributed by atoms with Crippen molar-refractivity contribution in [2.45, 2.75) is 13.0 Å². The molecule has 2 heterocycles. The lowest BCUT2D eigenvalue weighted by Gasteiger charge is -2.14. The van der Waals surface area contributed by atoms with Gasteiger partial charge in [-0.15, -0.1) is 11.3 Å². The van der Waals surface area contributed by atoms with Gasteiger partial charge in [0.2, 0.25) is 0 Å². The normalized spacial score (nSPS) is 11.6. The van der Waals surface area contributed by atoms with E-state index in [2.05, 4.69) is 15.6 Å². The van der Waals surface area contributed by atoms with Crippen molar-refractivity contribution in [1.82, 2.24) is 10.3 Å². The first kappa shape index (κ1) is 16.9. The first-order valence-electron chi connectivity index (χ1n) is 7.80. The molecule has 2 amide bonds. The average Bonchev–Trinajstić information content (AvgIpc) is 3.17. The predicted molar refractivity (Wildman–Crippen MR) is 98.8 cm³/mol. The van der Waals surface area contributed by atoms with Crippen LogP contribution >= 0.6 is 11.3 Å². The summed E-state index contributed by atoms with van der Waals surface area (Å²) in [6.45, 7) is 1.88. The van der Waals surface area contributed by atoms with Crippen molar-refractivity contribution in [1.29, 1.82) is 0 Å². The summed E-state index contributed by atoms with van der Waals surface area (Å²) in [5.74, 6) is -0.403. The number of nitrogens with one attached hydrogen (secondary N) is 2. The number of aromatic nitrogens is 1. The summed E-state index contributed by atoms with van der Waals surface area (Å²) in [7, 11) is 0. The fourth-order valence-corrected chi connectivity index (χ4v) is 2.94. The highest BCUT2D eigenvalue weighted by atomic mass is 32.1. The Hall–Kier alpha value is -2.99. The molecule has 0 bridgehead atoms. The Kier molecular flexibility index (Phi) is 5.20. The van der Waals surface area contributed by atoms with Crippen molar-refractivity contribution in [3.8, 4) is 0 Å². The van der Waals surface area contributed by atoms with Crippen molar-refractivity contribution < 1.29 is 9.59 Å². The third-order valence-corrected chi connectivity index (χ3v) is 4.48. The molecule has 1 atom stereocenters. The molecule has 0 aliphatic heterocycles. The van der Waals surface area contributed by atoms with E-state index in [1.807, 2.05) is 36.6 Å². The molecule has 2 N–H and O–H groups in total. The number of nitrogens with zero attached hydrogens (tertiary/aromatic N) is 1. The lowest BCUT2D eigenvalue weighted by atomic mass is 10.1. The molecule has 1 aromatic carbocycles. The summed E-state index contributed by atoms with van der Waals surface area (Å²) in [5, 5.41) is 7.56. The molecule has 2 aromatic heterocycles. The predicted octanol–water partition coefficient (Wildman–Crippen LogP) is 3.89. The minimum absolute atomic E-state index is 0.186. The Labute approximate surface area is 149 Å². The summed E-state index contributed by atoms with van der Waals surface area (Å²) in [4.78, 5) is 29.4. The summed E-state index contributed by atoms with van der Waals surface area (Å²) < 4.78 is 0. The summed E-state index contributed by atoms with van der Waals surface area (Å²) >= 11 is 1.37. The topological polar surface area (TPSA) is 71.1 Å². The molecule has 25 heavy (non-hydrogen) atoms. The fraction of sp³-hybridized carbons (Fsp3) is 0.105. The first-order valence-corrected chi connectivity index (χ1v) is 8.68. The molecular weight excluding hydrogens is 334 g/mol. The van der Waals surface area contributed by atoms with Gasteiger partial charge in [0.05, 0.1) is 16.6 Å². The van der Waals surface area contributed by atoms with Crippen molar-refractivity contribution in [2.24, 2.45) is 0 Å². The minimum atomic E-state index is -0.217. The Morgan fingerprint density at radius 3 is 2.64 bits per heavy atom. The monoisotopic (exact) mass is 351 g/mol. The van der Waals surface area contributed by atoms with E-state index in [0.29, 0.717) is 16.1 Å². The SMILES string of the molecule is C[C@H](NC(=O)c1cccc(NC(=O)c2cccs2)c1)c1ccccn1. The highest BCUT2D eigenvalue weighted by Gasteiger charge is 2.13. The minimum Gasteiger partial charge on any atom is -0.344 e. The molecule has 0 fully saturated rings. The second-order valence-corrected chi connectivity index (χ2v) is 6.41. The summed E-state index contributed by atoms with van der Waals surface area (Å²) in [5.41, 5.74) is 1.85. The van der Waals surface area contributed by atoms with Crippen molar-refractivity contribution in [3.05, 3.63) is 82.3 Å². The van der Waals surface area contributed by atoms with Gasteiger partial charge in [-0.2, -0.15) is 0 Å². The number of thiophene rings is 1. The molecule has 0 aliphatic rings. The van der Waals surface area contributed by atoms with Gasteiger partial charge in [0.25, 0.3) is 11.8 Å². The van der Waals surface area contributed by atoms with E-state index in [1.165, 1.54) is 11.3 Å². The lowest BCUT2D eigenvalue weighted by Crippen LogP contribution is -2.27. The van der Waals surface area contributed by atoms with E-state index in [0.717, 1.165) is 5.69 Å². The van der Waals surface area contributed by atoms with Crippen LogP contribution in [0.1, 0.15) is 38.7 Å². The summed E-state index contributed by atoms with van der Waals surface area (Å²) in [6.07, 6.45) is 1.69. The lowest BCUT2D eigenvalue weighted by molar-refractivity contribution is 0.0938. The molecule has 6 heteroatoms. The van der Waals surface area contributed by atoms with Crippen LogP contribution in [0, 0.1) is 0 Å². The Morgan fingerprint density at radius 1 is 1.04 bits per heavy atom. The van der Waals surface area contributed by atoms with Crippen LogP contribution in [0.15, 0.2) is 66.2 Å². The Balaban J connectivity index is 1.68. The second-order valence-electron chi connectivity index (χ2n) is 5.46. The van der Waals surface area contributed by atoms with Crippen LogP contribution in [0.25, 0.3) is 0 Å². The van der Waals surface area contributed by atoms with Crippen molar-refractivity contribution >= 4 is 28.8 Å². The molecule has 0 saturated heterocycles. The van der Waals surface area contributed by atoms with E-state index in [-0.39, 0.29) is 17.9 Å². The van der Waals surface area contributed by atoms with Gasteiger partial charge in [-0.25, -0.2) is 0 Å². The largest absolute Gasteiger partial charge is 0.344 e. The zero-order valence-electron chi connectivity index (χ0n) is 13.6. The molecule has 126 valence electrons. The molecule has 3 rings (SSSR count). The maximum absolute atomic E-state index is 12.4. The zero-order chi connectivity index (χ0) is 17.6. The van der Waals surface area contributed by atoms with Gasteiger partial charge in [-0.05, 0) is 48.7 Å². The van der Waals surface area contributed by atoms with E-state index < -0.39 is 0 Å². The molecule has 5 nitrogen and oxygen atoms in total. The zero-order valence-corrected chi connectivity index (χ0v) is 14.4. The Bertz CT molecular complexity index is 863. The van der Waals surface area contributed by atoms with Crippen LogP contribution in [0.4, 0.5) is 5.69 Å². The van der Waals surface area contributed by atoms with Crippen LogP contribution in [-0.4, -0.2) is 16.8 Å². The Morgan fingerprint density at radius 2 is 1.92 bits per heavy atom. The van der Waals surface area contributed by atoms with Crippen molar-refractivity contribution in [2.75, 3.05) is 5.32 Å². The number of hydrogen-bond acceptors (Lipinski definition) is 4. The molecule has 0 saturated carbocycles. The smallest absolute Gasteiger partial charge is 0.265 e. The van der Waals surface area contributed by atoms with E-state index >= 15 is 0 Å². The molecule has 0 spiro atoms. The standard InChI is InChI=1S/C19H17N3O2S/c1-13(16-8-2-3-10-20-16)21-18(23)14-6-4-7-15(12-14)22-19(24)17-9-5-11-25-17/h2-13H,1H3,(H,21,23)(H,22,24)/t13-/m0/s1. The number of anilines is 1. The third kappa shape index (κ3) is 4.30. The number of pyridine rings is 1. The van der Waals surface area contributed by atoms with Gasteiger partial charge in [0.15, 0.2) is 0 Å². The van der Waals surface area contributed by atoms with Crippen LogP contribution in [0.3, 0.4) is 0 Å². The third-order valence-electron chi connectivity index (χ3n) is 3.61. The van der Waals surface area contributed by atoms with Crippen LogP contribution in [0.5, 0.6) is 0 Å². The van der Waals surface area contributed by atoms with Gasteiger partial charge < -0.3 is 10.6 Å². The van der Waals surface area contributed by atoms with Gasteiger partial charge in [0.1, 0.15) is 0 Å². The van der Waals surface area contributed by atoms with Crippen LogP contribution < -0.4 is 10.6 Å². The molecule has 0 unspecified atom stereocenters. The van der Waals surface area contributed by atoms with E-state index in [1.54, 1.807) is 36.5 Å². The van der Waals surface area contributed by atoms with Gasteiger partial charge in [-0.3, -0.25) is 14.6 Å². The fourth-order valence-electron chi connectivity index (χ4n) is 2.32. The number of amides is 2. The van der Waals surface area contributed by atoms with Gasteiger partial charge in [-0.1, -0.05) is 18.2 Å². The van der Waals surface area contributed by atoms with Crippen LogP contribution in [-0.2, 0) is 0 Å². The number of carbonyl (C=O) groups excluding carboxylic acids is 2. The number of rotatable bonds is 5. The summed E-state index contributed by atoms with van der Waals surface area (Å²) in [6, 6.07) is 15.8. The van der Waals surface area contributed by atoms with Gasteiger partial charge in [0, 0.05) is 17.4 Å².